The molecule has 0 radical (unpaired) electrons. The minimum atomic E-state index is 0.671. The summed E-state index contributed by atoms with van der Waals surface area (Å²) in [5, 5.41) is 14.2. The molecule has 1 aromatic carbocycles. The van der Waals surface area contributed by atoms with Gasteiger partial charge in [-0.15, -0.1) is 0 Å². The molecule has 0 spiro atoms. The van der Waals surface area contributed by atoms with Gasteiger partial charge in [0, 0.05) is 42.3 Å². The standard InChI is InChI=1S/C28H27N9/c1-19-7-5-9-23(32-19)27-26(21-11-12-25-30-18-31-37(25)16-21)33-28(34-27)35(2)24-10-6-8-20(15-29)22(24)17-36-13-3-4-14-36/h5-12,16,18H,3-4,13-14,17H2,1-2H3,(H,33,34). The summed E-state index contributed by atoms with van der Waals surface area (Å²) in [5.74, 6) is 0.671. The third kappa shape index (κ3) is 4.32. The van der Waals surface area contributed by atoms with Crippen LogP contribution >= 0.6 is 0 Å². The SMILES string of the molecule is Cc1cccc(-c2[nH]c(N(C)c3cccc(C#N)c3CN3CCCC3)nc2-c2ccc3ncnn3c2)n1. The lowest BCUT2D eigenvalue weighted by molar-refractivity contribution is 0.331. The smallest absolute Gasteiger partial charge is 0.208 e. The quantitative estimate of drug-likeness (QED) is 0.368. The van der Waals surface area contributed by atoms with Crippen molar-refractivity contribution in [2.24, 2.45) is 0 Å². The minimum Gasteiger partial charge on any atom is -0.322 e. The molecule has 0 unspecified atom stereocenters. The van der Waals surface area contributed by atoms with Gasteiger partial charge in [0.15, 0.2) is 5.65 Å². The molecule has 184 valence electrons. The second-order valence-corrected chi connectivity index (χ2v) is 9.39. The van der Waals surface area contributed by atoms with Crippen molar-refractivity contribution in [1.29, 1.82) is 5.26 Å². The van der Waals surface area contributed by atoms with Gasteiger partial charge in [0.05, 0.1) is 23.0 Å². The van der Waals surface area contributed by atoms with E-state index in [1.807, 2.05) is 67.5 Å². The van der Waals surface area contributed by atoms with Gasteiger partial charge in [-0.2, -0.15) is 10.4 Å². The Morgan fingerprint density at radius 1 is 1.05 bits per heavy atom. The van der Waals surface area contributed by atoms with Gasteiger partial charge in [-0.1, -0.05) is 12.1 Å². The molecular formula is C28H27N9. The van der Waals surface area contributed by atoms with Gasteiger partial charge >= 0.3 is 0 Å². The Bertz CT molecular complexity index is 1620. The van der Waals surface area contributed by atoms with E-state index in [4.69, 9.17) is 9.97 Å². The van der Waals surface area contributed by atoms with E-state index in [-0.39, 0.29) is 0 Å². The number of aromatic amines is 1. The van der Waals surface area contributed by atoms with Crippen molar-refractivity contribution in [2.45, 2.75) is 26.3 Å². The summed E-state index contributed by atoms with van der Waals surface area (Å²) in [5.41, 5.74) is 7.67. The molecule has 1 saturated heterocycles. The summed E-state index contributed by atoms with van der Waals surface area (Å²) < 4.78 is 1.74. The van der Waals surface area contributed by atoms with Crippen LogP contribution in [0.2, 0.25) is 0 Å². The fraction of sp³-hybridized carbons (Fsp3) is 0.250. The molecule has 6 rings (SSSR count). The van der Waals surface area contributed by atoms with Crippen LogP contribution < -0.4 is 4.90 Å². The molecule has 9 nitrogen and oxygen atoms in total. The highest BCUT2D eigenvalue weighted by molar-refractivity contribution is 5.80. The van der Waals surface area contributed by atoms with Crippen LogP contribution in [-0.2, 0) is 6.54 Å². The zero-order valence-electron chi connectivity index (χ0n) is 20.9. The average Bonchev–Trinajstić information content (AvgIpc) is 3.69. The van der Waals surface area contributed by atoms with Gasteiger partial charge in [-0.3, -0.25) is 9.88 Å². The first-order valence-electron chi connectivity index (χ1n) is 12.4. The van der Waals surface area contributed by atoms with E-state index in [9.17, 15) is 5.26 Å². The predicted molar refractivity (Wildman–Crippen MR) is 142 cm³/mol. The molecule has 37 heavy (non-hydrogen) atoms. The van der Waals surface area contributed by atoms with Gasteiger partial charge in [-0.25, -0.2) is 14.5 Å². The Hall–Kier alpha value is -4.55. The van der Waals surface area contributed by atoms with Crippen molar-refractivity contribution in [3.63, 3.8) is 0 Å². The van der Waals surface area contributed by atoms with E-state index >= 15 is 0 Å². The molecule has 9 heteroatoms. The van der Waals surface area contributed by atoms with Crippen molar-refractivity contribution in [3.05, 3.63) is 77.9 Å². The first-order valence-corrected chi connectivity index (χ1v) is 12.4. The second-order valence-electron chi connectivity index (χ2n) is 9.39. The van der Waals surface area contributed by atoms with Crippen LogP contribution in [0.3, 0.4) is 0 Å². The third-order valence-corrected chi connectivity index (χ3v) is 6.91. The maximum absolute atomic E-state index is 9.88. The van der Waals surface area contributed by atoms with Crippen LogP contribution in [0.15, 0.2) is 61.1 Å². The van der Waals surface area contributed by atoms with E-state index in [1.54, 1.807) is 4.52 Å². The number of anilines is 2. The second kappa shape index (κ2) is 9.48. The lowest BCUT2D eigenvalue weighted by atomic mass is 10.0. The summed E-state index contributed by atoms with van der Waals surface area (Å²) in [4.78, 5) is 22.1. The Labute approximate surface area is 215 Å². The molecule has 0 bridgehead atoms. The van der Waals surface area contributed by atoms with Crippen molar-refractivity contribution in [2.75, 3.05) is 25.0 Å². The maximum Gasteiger partial charge on any atom is 0.208 e. The predicted octanol–water partition coefficient (Wildman–Crippen LogP) is 4.73. The Morgan fingerprint density at radius 3 is 2.70 bits per heavy atom. The van der Waals surface area contributed by atoms with Crippen LogP contribution in [0.1, 0.15) is 29.7 Å². The monoisotopic (exact) mass is 489 g/mol. The molecule has 5 aromatic rings. The zero-order valence-corrected chi connectivity index (χ0v) is 20.9. The minimum absolute atomic E-state index is 0.671. The van der Waals surface area contributed by atoms with Gasteiger partial charge in [0.2, 0.25) is 5.95 Å². The zero-order chi connectivity index (χ0) is 25.4. The third-order valence-electron chi connectivity index (χ3n) is 6.91. The summed E-state index contributed by atoms with van der Waals surface area (Å²) in [6.07, 6.45) is 5.86. The highest BCUT2D eigenvalue weighted by Gasteiger charge is 2.23. The van der Waals surface area contributed by atoms with Crippen LogP contribution in [0.25, 0.3) is 28.3 Å². The number of rotatable bonds is 6. The lowest BCUT2D eigenvalue weighted by Crippen LogP contribution is -2.22. The molecule has 0 amide bonds. The number of imidazole rings is 1. The summed E-state index contributed by atoms with van der Waals surface area (Å²) >= 11 is 0. The van der Waals surface area contributed by atoms with Crippen LogP contribution in [0.5, 0.6) is 0 Å². The highest BCUT2D eigenvalue weighted by atomic mass is 15.3. The van der Waals surface area contributed by atoms with E-state index in [2.05, 4.69) is 32.1 Å². The number of nitrogens with one attached hydrogen (secondary N) is 1. The molecule has 0 atom stereocenters. The molecule has 1 fully saturated rings. The van der Waals surface area contributed by atoms with Crippen LogP contribution in [-0.4, -0.2) is 54.6 Å². The van der Waals surface area contributed by atoms with E-state index in [0.717, 1.165) is 64.9 Å². The number of benzene rings is 1. The van der Waals surface area contributed by atoms with Crippen molar-refractivity contribution < 1.29 is 0 Å². The number of aryl methyl sites for hydroxylation is 1. The number of aromatic nitrogens is 6. The fourth-order valence-corrected chi connectivity index (χ4v) is 4.99. The Balaban J connectivity index is 1.47. The molecule has 0 saturated carbocycles. The lowest BCUT2D eigenvalue weighted by Gasteiger charge is -2.24. The van der Waals surface area contributed by atoms with Gasteiger partial charge in [0.25, 0.3) is 0 Å². The first-order chi connectivity index (χ1) is 18.1. The average molecular weight is 490 g/mol. The molecule has 0 aliphatic carbocycles. The fourth-order valence-electron chi connectivity index (χ4n) is 4.99. The summed E-state index contributed by atoms with van der Waals surface area (Å²) in [6, 6.07) is 18.2. The van der Waals surface area contributed by atoms with Crippen molar-refractivity contribution >= 4 is 17.3 Å². The van der Waals surface area contributed by atoms with Crippen LogP contribution in [0, 0.1) is 18.3 Å². The number of H-pyrrole nitrogens is 1. The van der Waals surface area contributed by atoms with Gasteiger partial charge in [-0.05, 0) is 69.3 Å². The normalized spacial score (nSPS) is 13.8. The van der Waals surface area contributed by atoms with E-state index in [1.165, 1.54) is 19.2 Å². The van der Waals surface area contributed by atoms with E-state index in [0.29, 0.717) is 11.5 Å². The highest BCUT2D eigenvalue weighted by Crippen LogP contribution is 2.35. The number of nitriles is 1. The maximum atomic E-state index is 9.88. The Kier molecular flexibility index (Phi) is 5.87. The Morgan fingerprint density at radius 2 is 1.89 bits per heavy atom. The van der Waals surface area contributed by atoms with Crippen LogP contribution in [0.4, 0.5) is 11.6 Å². The number of pyridine rings is 2. The molecule has 1 aliphatic heterocycles. The topological polar surface area (TPSA) is 102 Å². The van der Waals surface area contributed by atoms with Gasteiger partial charge < -0.3 is 9.88 Å². The molecule has 1 aliphatic rings. The van der Waals surface area contributed by atoms with Gasteiger partial charge in [0.1, 0.15) is 12.0 Å². The number of fused-ring (bicyclic) bond motifs is 1. The summed E-state index contributed by atoms with van der Waals surface area (Å²) in [6.45, 7) is 4.84. The number of nitrogens with zero attached hydrogens (tertiary/aromatic N) is 8. The molecule has 1 N–H and O–H groups in total. The molecule has 5 heterocycles. The van der Waals surface area contributed by atoms with Crippen molar-refractivity contribution in [1.82, 2.24) is 34.4 Å². The first kappa shape index (κ1) is 22.9. The van der Waals surface area contributed by atoms with Crippen molar-refractivity contribution in [3.8, 4) is 28.7 Å². The molecular weight excluding hydrogens is 462 g/mol. The number of hydrogen-bond donors (Lipinski definition) is 1. The summed E-state index contributed by atoms with van der Waals surface area (Å²) in [7, 11) is 1.99. The van der Waals surface area contributed by atoms with E-state index < -0.39 is 0 Å². The molecule has 4 aromatic heterocycles. The number of hydrogen-bond acceptors (Lipinski definition) is 7. The largest absolute Gasteiger partial charge is 0.322 e. The number of likely N-dealkylation sites (tertiary alicyclic amines) is 1.